The van der Waals surface area contributed by atoms with Gasteiger partial charge in [-0.3, -0.25) is 14.9 Å². The molecular formula is C33H37N5O3. The highest BCUT2D eigenvalue weighted by Crippen LogP contribution is 2.37. The van der Waals surface area contributed by atoms with Crippen molar-refractivity contribution >= 4 is 34.6 Å². The number of nitrogens with one attached hydrogen (secondary N) is 4. The first kappa shape index (κ1) is 28.1. The van der Waals surface area contributed by atoms with Crippen LogP contribution in [0.1, 0.15) is 52.8 Å². The molecule has 0 saturated heterocycles. The Labute approximate surface area is 240 Å². The van der Waals surface area contributed by atoms with E-state index in [0.717, 1.165) is 43.6 Å². The van der Waals surface area contributed by atoms with Crippen LogP contribution in [0.5, 0.6) is 0 Å². The molecule has 1 atom stereocenters. The summed E-state index contributed by atoms with van der Waals surface area (Å²) < 4.78 is 0. The Morgan fingerprint density at radius 1 is 1.10 bits per heavy atom. The summed E-state index contributed by atoms with van der Waals surface area (Å²) in [5.41, 5.74) is 10.8. The number of benzene rings is 3. The van der Waals surface area contributed by atoms with Crippen molar-refractivity contribution in [3.05, 3.63) is 106 Å². The molecule has 5 rings (SSSR count). The van der Waals surface area contributed by atoms with Crippen LogP contribution in [0.25, 0.3) is 17.0 Å². The largest absolute Gasteiger partial charge is 0.361 e. The topological polar surface area (TPSA) is 109 Å². The average molecular weight is 552 g/mol. The van der Waals surface area contributed by atoms with Gasteiger partial charge in [0.25, 0.3) is 5.91 Å². The van der Waals surface area contributed by atoms with E-state index < -0.39 is 5.91 Å². The fourth-order valence-corrected chi connectivity index (χ4v) is 5.69. The highest BCUT2D eigenvalue weighted by Gasteiger charge is 2.28. The molecule has 1 unspecified atom stereocenters. The number of hydrogen-bond acceptors (Lipinski definition) is 4. The molecule has 5 N–H and O–H groups in total. The lowest BCUT2D eigenvalue weighted by Crippen LogP contribution is -2.29. The van der Waals surface area contributed by atoms with Crippen LogP contribution in [-0.2, 0) is 24.2 Å². The second-order valence-corrected chi connectivity index (χ2v) is 10.6. The first-order valence-electron chi connectivity index (χ1n) is 14.1. The van der Waals surface area contributed by atoms with E-state index >= 15 is 0 Å². The van der Waals surface area contributed by atoms with Crippen molar-refractivity contribution in [2.45, 2.75) is 45.7 Å². The summed E-state index contributed by atoms with van der Waals surface area (Å²) in [7, 11) is 0. The van der Waals surface area contributed by atoms with Gasteiger partial charge in [-0.05, 0) is 90.8 Å². The van der Waals surface area contributed by atoms with Crippen molar-refractivity contribution in [3.63, 3.8) is 0 Å². The molecule has 0 saturated carbocycles. The standard InChI is InChI=1S/C33H37N5O3/c1-3-34-33(40)36-27-10-5-24(6-11-27)21-38(17-16-26-20-35-30-18-22(2)4-12-28(26)30)31-14-9-25-19-23(7-13-29(25)31)8-15-32(39)37-41/h4-8,10-13,15,18-20,31,35,41H,3,9,14,16-17,21H2,1-2H3,(H,37,39)(H2,34,36,40)/b15-8+. The van der Waals surface area contributed by atoms with E-state index in [-0.39, 0.29) is 12.1 Å². The lowest BCUT2D eigenvalue weighted by Gasteiger charge is -2.30. The maximum atomic E-state index is 11.9. The molecular weight excluding hydrogens is 514 g/mol. The number of aromatic nitrogens is 1. The lowest BCUT2D eigenvalue weighted by atomic mass is 10.0. The molecule has 41 heavy (non-hydrogen) atoms. The quantitative estimate of drug-likeness (QED) is 0.0965. The fourth-order valence-electron chi connectivity index (χ4n) is 5.69. The number of fused-ring (bicyclic) bond motifs is 2. The van der Waals surface area contributed by atoms with E-state index in [9.17, 15) is 9.59 Å². The van der Waals surface area contributed by atoms with E-state index in [1.807, 2.05) is 25.1 Å². The second kappa shape index (κ2) is 12.8. The number of rotatable bonds is 10. The van der Waals surface area contributed by atoms with Crippen molar-refractivity contribution < 1.29 is 14.8 Å². The number of urea groups is 1. The normalized spacial score (nSPS) is 14.5. The van der Waals surface area contributed by atoms with Gasteiger partial charge in [-0.15, -0.1) is 0 Å². The molecule has 0 fully saturated rings. The Morgan fingerprint density at radius 3 is 2.71 bits per heavy atom. The summed E-state index contributed by atoms with van der Waals surface area (Å²) >= 11 is 0. The lowest BCUT2D eigenvalue weighted by molar-refractivity contribution is -0.124. The van der Waals surface area contributed by atoms with Gasteiger partial charge in [-0.1, -0.05) is 42.5 Å². The highest BCUT2D eigenvalue weighted by molar-refractivity contribution is 5.91. The molecule has 0 bridgehead atoms. The molecule has 0 radical (unpaired) electrons. The molecule has 4 aromatic rings. The SMILES string of the molecule is CCNC(=O)Nc1ccc(CN(CCc2c[nH]c3cc(C)ccc23)C2CCc3cc(/C=C/C(=O)NO)ccc32)cc1. The van der Waals surface area contributed by atoms with Crippen LogP contribution in [-0.4, -0.2) is 40.1 Å². The zero-order valence-electron chi connectivity index (χ0n) is 23.5. The minimum absolute atomic E-state index is 0.204. The molecule has 8 heteroatoms. The first-order valence-corrected chi connectivity index (χ1v) is 14.1. The Bertz CT molecular complexity index is 1560. The second-order valence-electron chi connectivity index (χ2n) is 10.6. The third kappa shape index (κ3) is 6.85. The van der Waals surface area contributed by atoms with Gasteiger partial charge in [0.1, 0.15) is 0 Å². The monoisotopic (exact) mass is 551 g/mol. The van der Waals surface area contributed by atoms with Crippen LogP contribution in [0, 0.1) is 6.92 Å². The Balaban J connectivity index is 1.37. The van der Waals surface area contributed by atoms with Gasteiger partial charge in [0.2, 0.25) is 0 Å². The summed E-state index contributed by atoms with van der Waals surface area (Å²) in [5.74, 6) is -0.547. The smallest absolute Gasteiger partial charge is 0.319 e. The summed E-state index contributed by atoms with van der Waals surface area (Å²) in [5, 5.41) is 15.7. The first-order chi connectivity index (χ1) is 19.9. The molecule has 8 nitrogen and oxygen atoms in total. The molecule has 3 aromatic carbocycles. The van der Waals surface area contributed by atoms with Crippen molar-refractivity contribution in [3.8, 4) is 0 Å². The zero-order valence-corrected chi connectivity index (χ0v) is 23.5. The molecule has 0 aliphatic heterocycles. The molecule has 0 spiro atoms. The van der Waals surface area contributed by atoms with Crippen molar-refractivity contribution in [2.75, 3.05) is 18.4 Å². The molecule has 1 aromatic heterocycles. The minimum atomic E-state index is -0.547. The van der Waals surface area contributed by atoms with Gasteiger partial charge >= 0.3 is 6.03 Å². The summed E-state index contributed by atoms with van der Waals surface area (Å²) in [6.07, 6.45) is 8.08. The van der Waals surface area contributed by atoms with Gasteiger partial charge in [0, 0.05) is 54.5 Å². The summed E-state index contributed by atoms with van der Waals surface area (Å²) in [6, 6.07) is 21.0. The Morgan fingerprint density at radius 2 is 1.93 bits per heavy atom. The summed E-state index contributed by atoms with van der Waals surface area (Å²) in [4.78, 5) is 29.3. The van der Waals surface area contributed by atoms with E-state index in [1.54, 1.807) is 11.6 Å². The van der Waals surface area contributed by atoms with Gasteiger partial charge < -0.3 is 15.6 Å². The van der Waals surface area contributed by atoms with Crippen LogP contribution < -0.4 is 16.1 Å². The molecule has 1 aliphatic carbocycles. The van der Waals surface area contributed by atoms with Crippen LogP contribution in [0.4, 0.5) is 10.5 Å². The van der Waals surface area contributed by atoms with Crippen LogP contribution in [0.3, 0.4) is 0 Å². The minimum Gasteiger partial charge on any atom is -0.361 e. The van der Waals surface area contributed by atoms with Gasteiger partial charge in [-0.2, -0.15) is 0 Å². The number of carbonyl (C=O) groups excluding carboxylic acids is 2. The van der Waals surface area contributed by atoms with E-state index in [2.05, 4.69) is 76.1 Å². The third-order valence-corrected chi connectivity index (χ3v) is 7.72. The average Bonchev–Trinajstić information content (AvgIpc) is 3.58. The number of aromatic amines is 1. The molecule has 1 heterocycles. The number of hydrogen-bond donors (Lipinski definition) is 5. The van der Waals surface area contributed by atoms with Crippen molar-refractivity contribution in [2.24, 2.45) is 0 Å². The van der Waals surface area contributed by atoms with E-state index in [1.165, 1.54) is 44.8 Å². The molecule has 212 valence electrons. The summed E-state index contributed by atoms with van der Waals surface area (Å²) in [6.45, 7) is 6.25. The molecule has 3 amide bonds. The van der Waals surface area contributed by atoms with Gasteiger partial charge in [0.15, 0.2) is 0 Å². The Kier molecular flexibility index (Phi) is 8.82. The number of hydroxylamine groups is 1. The maximum Gasteiger partial charge on any atom is 0.319 e. The van der Waals surface area contributed by atoms with E-state index in [0.29, 0.717) is 6.54 Å². The number of carbonyl (C=O) groups is 2. The number of amides is 3. The Hall–Kier alpha value is -4.40. The van der Waals surface area contributed by atoms with Crippen LogP contribution in [0.2, 0.25) is 0 Å². The number of anilines is 1. The third-order valence-electron chi connectivity index (χ3n) is 7.72. The molecule has 1 aliphatic rings. The van der Waals surface area contributed by atoms with E-state index in [4.69, 9.17) is 5.21 Å². The van der Waals surface area contributed by atoms with Crippen LogP contribution in [0.15, 0.2) is 72.9 Å². The fraction of sp³-hybridized carbons (Fsp3) is 0.273. The van der Waals surface area contributed by atoms with Crippen molar-refractivity contribution in [1.29, 1.82) is 0 Å². The maximum absolute atomic E-state index is 11.9. The number of aryl methyl sites for hydroxylation is 2. The number of H-pyrrole nitrogens is 1. The number of nitrogens with zero attached hydrogens (tertiary/aromatic N) is 1. The predicted molar refractivity (Wildman–Crippen MR) is 163 cm³/mol. The highest BCUT2D eigenvalue weighted by atomic mass is 16.5. The van der Waals surface area contributed by atoms with Gasteiger partial charge in [-0.25, -0.2) is 10.3 Å². The zero-order chi connectivity index (χ0) is 28.8. The van der Waals surface area contributed by atoms with Gasteiger partial charge in [0.05, 0.1) is 0 Å². The van der Waals surface area contributed by atoms with Crippen molar-refractivity contribution in [1.82, 2.24) is 20.7 Å². The predicted octanol–water partition coefficient (Wildman–Crippen LogP) is 5.87. The van der Waals surface area contributed by atoms with Crippen LogP contribution >= 0.6 is 0 Å².